The third-order valence-electron chi connectivity index (χ3n) is 9.97. The van der Waals surface area contributed by atoms with Crippen LogP contribution >= 0.6 is 0 Å². The number of aliphatic hydroxyl groups excluding tert-OH is 4. The van der Waals surface area contributed by atoms with Crippen molar-refractivity contribution in [1.29, 1.82) is 0 Å². The zero-order valence-electron chi connectivity index (χ0n) is 28.4. The molecule has 48 heavy (non-hydrogen) atoms. The molecule has 0 unspecified atom stereocenters. The molecule has 0 spiro atoms. The van der Waals surface area contributed by atoms with E-state index < -0.39 is 85.6 Å². The number of rotatable bonds is 18. The van der Waals surface area contributed by atoms with Crippen molar-refractivity contribution in [3.8, 4) is 0 Å². The largest absolute Gasteiger partial charge is 0.390 e. The molecule has 0 bridgehead atoms. The number of hydrogen-bond acceptors (Lipinski definition) is 15. The van der Waals surface area contributed by atoms with E-state index in [9.17, 15) is 20.4 Å². The molecule has 278 valence electrons. The molecule has 1 aromatic rings. The molecule has 14 atom stereocenters. The zero-order valence-corrected chi connectivity index (χ0v) is 28.4. The van der Waals surface area contributed by atoms with Crippen molar-refractivity contribution in [2.45, 2.75) is 183 Å². The van der Waals surface area contributed by atoms with Gasteiger partial charge >= 0.3 is 0 Å². The molecule has 0 aromatic carbocycles. The number of nitrogens with two attached hydrogens (primary N) is 5. The van der Waals surface area contributed by atoms with E-state index in [1.807, 2.05) is 6.20 Å². The molecule has 2 aliphatic heterocycles. The van der Waals surface area contributed by atoms with Crippen LogP contribution in [0.5, 0.6) is 0 Å². The second-order valence-corrected chi connectivity index (χ2v) is 14.0. The molecule has 3 heterocycles. The van der Waals surface area contributed by atoms with Gasteiger partial charge in [0.05, 0.1) is 42.6 Å². The number of aromatic nitrogens is 3. The van der Waals surface area contributed by atoms with Gasteiger partial charge in [0.1, 0.15) is 30.5 Å². The summed E-state index contributed by atoms with van der Waals surface area (Å²) >= 11 is 0. The Morgan fingerprint density at radius 3 is 1.96 bits per heavy atom. The summed E-state index contributed by atoms with van der Waals surface area (Å²) in [5.74, 6) is 0. The summed E-state index contributed by atoms with van der Waals surface area (Å²) in [6.45, 7) is 2.41. The van der Waals surface area contributed by atoms with E-state index in [0.29, 0.717) is 0 Å². The summed E-state index contributed by atoms with van der Waals surface area (Å²) in [6.07, 6.45) is 4.78. The van der Waals surface area contributed by atoms with Crippen LogP contribution in [0.15, 0.2) is 6.20 Å². The van der Waals surface area contributed by atoms with E-state index in [-0.39, 0.29) is 25.9 Å². The predicted molar refractivity (Wildman–Crippen MR) is 177 cm³/mol. The van der Waals surface area contributed by atoms with Gasteiger partial charge in [0.2, 0.25) is 0 Å². The summed E-state index contributed by atoms with van der Waals surface area (Å²) < 4.78 is 25.5. The molecule has 14 N–H and O–H groups in total. The highest BCUT2D eigenvalue weighted by atomic mass is 16.7. The molecular formula is C32H62N8O8. The second-order valence-electron chi connectivity index (χ2n) is 14.0. The van der Waals surface area contributed by atoms with Crippen LogP contribution in [0.1, 0.15) is 89.7 Å². The molecule has 16 nitrogen and oxygen atoms in total. The first-order chi connectivity index (χ1) is 23.0. The van der Waals surface area contributed by atoms with Crippen LogP contribution in [0.2, 0.25) is 0 Å². The minimum Gasteiger partial charge on any atom is -0.390 e. The van der Waals surface area contributed by atoms with E-state index >= 15 is 0 Å². The summed E-state index contributed by atoms with van der Waals surface area (Å²) in [6, 6.07) is -3.23. The average Bonchev–Trinajstić information content (AvgIpc) is 3.50. The van der Waals surface area contributed by atoms with Gasteiger partial charge in [-0.25, -0.2) is 4.68 Å². The van der Waals surface area contributed by atoms with Crippen molar-refractivity contribution in [3.63, 3.8) is 0 Å². The first kappa shape index (κ1) is 39.4. The molecule has 1 aliphatic carbocycles. The number of unbranched alkanes of at least 4 members (excludes halogenated alkanes) is 9. The van der Waals surface area contributed by atoms with E-state index in [1.165, 1.54) is 51.4 Å². The Labute approximate surface area is 283 Å². The first-order valence-electron chi connectivity index (χ1n) is 18.0. The number of nitrogens with zero attached hydrogens (tertiary/aromatic N) is 3. The van der Waals surface area contributed by atoms with Crippen molar-refractivity contribution in [1.82, 2.24) is 15.0 Å². The Bertz CT molecular complexity index is 1060. The summed E-state index contributed by atoms with van der Waals surface area (Å²) in [4.78, 5) is 0. The van der Waals surface area contributed by atoms with Crippen LogP contribution < -0.4 is 28.7 Å². The van der Waals surface area contributed by atoms with Crippen LogP contribution in [0.25, 0.3) is 0 Å². The minimum atomic E-state index is -1.42. The molecule has 4 rings (SSSR count). The molecular weight excluding hydrogens is 624 g/mol. The van der Waals surface area contributed by atoms with Gasteiger partial charge in [-0.3, -0.25) is 0 Å². The number of hydrogen-bond donors (Lipinski definition) is 9. The number of ether oxygens (including phenoxy) is 4. The molecule has 3 aliphatic rings. The maximum absolute atomic E-state index is 11.4. The summed E-state index contributed by atoms with van der Waals surface area (Å²) in [7, 11) is 0. The normalized spacial score (nSPS) is 39.1. The van der Waals surface area contributed by atoms with Gasteiger partial charge in [0, 0.05) is 24.8 Å². The molecule has 2 saturated heterocycles. The Morgan fingerprint density at radius 2 is 1.33 bits per heavy atom. The van der Waals surface area contributed by atoms with Crippen LogP contribution in [0, 0.1) is 0 Å². The monoisotopic (exact) mass is 686 g/mol. The smallest absolute Gasteiger partial charge is 0.186 e. The highest BCUT2D eigenvalue weighted by molar-refractivity contribution is 5.01. The van der Waals surface area contributed by atoms with E-state index in [4.69, 9.17) is 47.6 Å². The quantitative estimate of drug-likeness (QED) is 0.0792. The van der Waals surface area contributed by atoms with Crippen molar-refractivity contribution in [2.24, 2.45) is 28.7 Å². The standard InChI is InChI=1S/C32H62N8O8/c1-2-3-4-5-6-7-8-9-10-11-12-18-16-40(39-38-18)17-24-26(42)25(37)27(43)32(46-24)48-30-20(35)13-19(34)29(28(30)44)47-31-21(36)14-22(41)23(15-33)45-31/h16,19-32,41-44H,2-15,17,33-37H2,1H3/t19-,20+,21+,22-,23+,24+,25-,26+,27+,28-,29+,30-,31+,32+/m0/s1. The predicted octanol–water partition coefficient (Wildman–Crippen LogP) is -1.53. The van der Waals surface area contributed by atoms with Gasteiger partial charge < -0.3 is 68.0 Å². The number of aryl methyl sites for hydroxylation is 1. The molecule has 1 aromatic heterocycles. The third kappa shape index (κ3) is 10.6. The van der Waals surface area contributed by atoms with Crippen molar-refractivity contribution in [3.05, 3.63) is 11.9 Å². The van der Waals surface area contributed by atoms with Gasteiger partial charge in [-0.1, -0.05) is 69.9 Å². The fraction of sp³-hybridized carbons (Fsp3) is 0.938. The van der Waals surface area contributed by atoms with Crippen molar-refractivity contribution >= 4 is 0 Å². The highest BCUT2D eigenvalue weighted by Crippen LogP contribution is 2.31. The van der Waals surface area contributed by atoms with Gasteiger partial charge in [0.25, 0.3) is 0 Å². The van der Waals surface area contributed by atoms with E-state index in [1.54, 1.807) is 4.68 Å². The summed E-state index contributed by atoms with van der Waals surface area (Å²) in [5, 5.41) is 51.8. The molecule has 3 fully saturated rings. The van der Waals surface area contributed by atoms with Gasteiger partial charge in [-0.15, -0.1) is 5.10 Å². The highest BCUT2D eigenvalue weighted by Gasteiger charge is 2.50. The summed E-state index contributed by atoms with van der Waals surface area (Å²) in [5.41, 5.74) is 31.6. The second kappa shape index (κ2) is 19.3. The molecule has 0 amide bonds. The zero-order chi connectivity index (χ0) is 34.8. The first-order valence-corrected chi connectivity index (χ1v) is 18.0. The molecule has 0 radical (unpaired) electrons. The lowest BCUT2D eigenvalue weighted by Gasteiger charge is -2.48. The van der Waals surface area contributed by atoms with Crippen LogP contribution in [-0.4, -0.2) is 128 Å². The van der Waals surface area contributed by atoms with Crippen molar-refractivity contribution < 1.29 is 39.4 Å². The molecule has 1 saturated carbocycles. The average molecular weight is 687 g/mol. The molecule has 16 heteroatoms. The lowest BCUT2D eigenvalue weighted by Crippen LogP contribution is -2.68. The Balaban J connectivity index is 1.28. The topological polar surface area (TPSA) is 279 Å². The maximum Gasteiger partial charge on any atom is 0.186 e. The number of aliphatic hydroxyl groups is 4. The van der Waals surface area contributed by atoms with Crippen LogP contribution in [0.4, 0.5) is 0 Å². The van der Waals surface area contributed by atoms with E-state index in [2.05, 4.69) is 17.2 Å². The van der Waals surface area contributed by atoms with Crippen molar-refractivity contribution in [2.75, 3.05) is 6.54 Å². The fourth-order valence-electron chi connectivity index (χ4n) is 6.95. The Morgan fingerprint density at radius 1 is 0.750 bits per heavy atom. The van der Waals surface area contributed by atoms with Gasteiger partial charge in [-0.05, 0) is 25.7 Å². The Kier molecular flexibility index (Phi) is 15.8. The van der Waals surface area contributed by atoms with Crippen LogP contribution in [-0.2, 0) is 31.9 Å². The minimum absolute atomic E-state index is 0.0586. The van der Waals surface area contributed by atoms with Crippen LogP contribution in [0.3, 0.4) is 0 Å². The van der Waals surface area contributed by atoms with E-state index in [0.717, 1.165) is 25.0 Å². The van der Waals surface area contributed by atoms with Gasteiger partial charge in [0.15, 0.2) is 12.6 Å². The third-order valence-corrected chi connectivity index (χ3v) is 9.97. The van der Waals surface area contributed by atoms with Gasteiger partial charge in [-0.2, -0.15) is 0 Å². The fourth-order valence-corrected chi connectivity index (χ4v) is 6.95. The maximum atomic E-state index is 11.4. The lowest BCUT2D eigenvalue weighted by atomic mass is 9.84. The SMILES string of the molecule is CCCCCCCCCCCCc1cn(C[C@H]2O[C@H](O[C@@H]3[C@@H](O)[C@H](O[C@H]4O[C@H](CN)[C@@H](O)C[C@H]4N)[C@@H](N)C[C@H]3N)[C@H](O)[C@@H](N)[C@@H]2O)nn1. The Hall–Kier alpha value is -1.38. The lowest BCUT2D eigenvalue weighted by molar-refractivity contribution is -0.313.